The van der Waals surface area contributed by atoms with Gasteiger partial charge in [0.15, 0.2) is 0 Å². The minimum absolute atomic E-state index is 0.420. The fraction of sp³-hybridized carbons (Fsp3) is 0.935. The normalized spacial score (nSPS) is 48.4. The Kier molecular flexibility index (Phi) is 6.83. The topological polar surface area (TPSA) is 9.23 Å². The second kappa shape index (κ2) is 9.51. The maximum atomic E-state index is 6.90. The van der Waals surface area contributed by atoms with Crippen LogP contribution in [0.2, 0.25) is 0 Å². The standard InChI is InChI=1S/C31H48OS4/c1-19(28-33-13-14-34-28)5-8-25-20(2)27-26(32-25)17-24-22-7-6-21-18-31(35-15-16-36-31)12-11-29(21,3)23(22)9-10-30(24,27)4/h19-25,28H,5-18H2,1-4H3/t19-,20-,21+,22-,23+,24+,25+,29+,30+/m1/s1. The largest absolute Gasteiger partial charge is 0.494 e. The van der Waals surface area contributed by atoms with E-state index in [9.17, 15) is 0 Å². The monoisotopic (exact) mass is 564 g/mol. The molecule has 36 heavy (non-hydrogen) atoms. The summed E-state index contributed by atoms with van der Waals surface area (Å²) in [7, 11) is 0. The minimum atomic E-state index is 0.420. The molecule has 0 radical (unpaired) electrons. The van der Waals surface area contributed by atoms with Gasteiger partial charge in [-0.2, -0.15) is 0 Å². The molecule has 0 unspecified atom stereocenters. The number of hydrogen-bond acceptors (Lipinski definition) is 5. The van der Waals surface area contributed by atoms with Gasteiger partial charge in [0.2, 0.25) is 0 Å². The molecular weight excluding hydrogens is 517 g/mol. The van der Waals surface area contributed by atoms with E-state index in [4.69, 9.17) is 4.74 Å². The van der Waals surface area contributed by atoms with Crippen molar-refractivity contribution >= 4 is 47.0 Å². The SMILES string of the molecule is C[C@H](CC[C@@H]1OC2=C([C@@H]1C)[C@@]1(C)CC[C@H]3[C@@H](CC[C@H]4CC5(CC[C@@]43C)SCCS5)[C@@H]1C2)C1SCCS1. The van der Waals surface area contributed by atoms with Gasteiger partial charge in [0.1, 0.15) is 6.10 Å². The summed E-state index contributed by atoms with van der Waals surface area (Å²) in [6.07, 6.45) is 14.7. The smallest absolute Gasteiger partial charge is 0.105 e. The molecule has 7 rings (SSSR count). The Hall–Kier alpha value is 0.940. The van der Waals surface area contributed by atoms with Crippen LogP contribution in [-0.4, -0.2) is 37.8 Å². The van der Waals surface area contributed by atoms with Gasteiger partial charge in [0.05, 0.1) is 14.4 Å². The van der Waals surface area contributed by atoms with E-state index in [0.29, 0.717) is 26.9 Å². The highest BCUT2D eigenvalue weighted by atomic mass is 32.2. The van der Waals surface area contributed by atoms with E-state index in [0.717, 1.165) is 34.2 Å². The van der Waals surface area contributed by atoms with E-state index in [1.165, 1.54) is 93.0 Å². The molecule has 0 amide bonds. The Labute approximate surface area is 238 Å². The molecule has 3 saturated carbocycles. The molecule has 0 bridgehead atoms. The summed E-state index contributed by atoms with van der Waals surface area (Å²) < 4.78 is 8.33. The molecule has 2 saturated heterocycles. The number of thioether (sulfide) groups is 4. The highest BCUT2D eigenvalue weighted by molar-refractivity contribution is 8.21. The predicted molar refractivity (Wildman–Crippen MR) is 163 cm³/mol. The summed E-state index contributed by atoms with van der Waals surface area (Å²) in [6.45, 7) is 10.5. The summed E-state index contributed by atoms with van der Waals surface area (Å²) in [5.74, 6) is 12.2. The number of ether oxygens (including phenoxy) is 1. The number of fused-ring (bicyclic) bond motifs is 6. The van der Waals surface area contributed by atoms with Gasteiger partial charge in [0, 0.05) is 35.4 Å². The zero-order valence-corrected chi connectivity index (χ0v) is 26.3. The van der Waals surface area contributed by atoms with Crippen molar-refractivity contribution < 1.29 is 4.74 Å². The van der Waals surface area contributed by atoms with Gasteiger partial charge in [-0.25, -0.2) is 0 Å². The zero-order valence-electron chi connectivity index (χ0n) is 23.1. The van der Waals surface area contributed by atoms with E-state index in [-0.39, 0.29) is 0 Å². The third-order valence-corrected chi connectivity index (χ3v) is 19.6. The van der Waals surface area contributed by atoms with Crippen molar-refractivity contribution in [3.63, 3.8) is 0 Å². The van der Waals surface area contributed by atoms with Crippen LogP contribution in [0.5, 0.6) is 0 Å². The molecule has 0 aromatic heterocycles. The third-order valence-electron chi connectivity index (χ3n) is 12.5. The lowest BCUT2D eigenvalue weighted by Gasteiger charge is -2.62. The van der Waals surface area contributed by atoms with Gasteiger partial charge in [-0.1, -0.05) is 27.7 Å². The Balaban J connectivity index is 1.03. The summed E-state index contributed by atoms with van der Waals surface area (Å²) in [5, 5.41) is 0. The molecule has 0 aromatic carbocycles. The van der Waals surface area contributed by atoms with E-state index in [1.807, 2.05) is 0 Å². The summed E-state index contributed by atoms with van der Waals surface area (Å²) >= 11 is 9.05. The first-order valence-electron chi connectivity index (χ1n) is 15.2. The van der Waals surface area contributed by atoms with Crippen LogP contribution >= 0.6 is 47.0 Å². The average Bonchev–Trinajstić information content (AvgIpc) is 3.65. The first kappa shape index (κ1) is 25.9. The molecule has 1 nitrogen and oxygen atoms in total. The second-order valence-electron chi connectivity index (χ2n) is 14.1. The lowest BCUT2D eigenvalue weighted by molar-refractivity contribution is -0.104. The first-order chi connectivity index (χ1) is 17.3. The van der Waals surface area contributed by atoms with Crippen molar-refractivity contribution in [3.05, 3.63) is 11.3 Å². The number of allylic oxidation sites excluding steroid dienone is 1. The highest BCUT2D eigenvalue weighted by Crippen LogP contribution is 2.71. The molecule has 5 heteroatoms. The van der Waals surface area contributed by atoms with Crippen molar-refractivity contribution in [2.24, 2.45) is 46.3 Å². The van der Waals surface area contributed by atoms with Crippen molar-refractivity contribution in [2.75, 3.05) is 23.0 Å². The van der Waals surface area contributed by atoms with Crippen LogP contribution in [0.1, 0.15) is 91.9 Å². The Morgan fingerprint density at radius 2 is 1.72 bits per heavy atom. The zero-order chi connectivity index (χ0) is 24.7. The fourth-order valence-corrected chi connectivity index (χ4v) is 17.0. The van der Waals surface area contributed by atoms with Gasteiger partial charge < -0.3 is 4.74 Å². The number of hydrogen-bond donors (Lipinski definition) is 0. The lowest BCUT2D eigenvalue weighted by atomic mass is 9.44. The molecule has 0 N–H and O–H groups in total. The Bertz CT molecular complexity index is 891. The molecular formula is C31H48OS4. The molecule has 1 spiro atoms. The van der Waals surface area contributed by atoms with Crippen molar-refractivity contribution in [1.82, 2.24) is 0 Å². The second-order valence-corrected chi connectivity index (χ2v) is 20.1. The molecule has 3 heterocycles. The summed E-state index contributed by atoms with van der Waals surface area (Å²) in [4.78, 5) is 0. The third kappa shape index (κ3) is 3.95. The fourth-order valence-electron chi connectivity index (χ4n) is 10.5. The molecule has 7 aliphatic rings. The van der Waals surface area contributed by atoms with E-state index in [1.54, 1.807) is 5.57 Å². The van der Waals surface area contributed by atoms with Crippen molar-refractivity contribution in [1.29, 1.82) is 0 Å². The van der Waals surface area contributed by atoms with Gasteiger partial charge in [-0.05, 0) is 104 Å². The van der Waals surface area contributed by atoms with Crippen molar-refractivity contribution in [3.8, 4) is 0 Å². The van der Waals surface area contributed by atoms with E-state index in [2.05, 4.69) is 74.7 Å². The van der Waals surface area contributed by atoms with Crippen LogP contribution in [0.25, 0.3) is 0 Å². The van der Waals surface area contributed by atoms with Gasteiger partial charge in [-0.3, -0.25) is 0 Å². The van der Waals surface area contributed by atoms with E-state index < -0.39 is 0 Å². The summed E-state index contributed by atoms with van der Waals surface area (Å²) in [6, 6.07) is 0. The van der Waals surface area contributed by atoms with Crippen LogP contribution in [0.3, 0.4) is 0 Å². The molecule has 202 valence electrons. The van der Waals surface area contributed by atoms with Crippen LogP contribution < -0.4 is 0 Å². The maximum Gasteiger partial charge on any atom is 0.105 e. The summed E-state index contributed by atoms with van der Waals surface area (Å²) in [5.41, 5.74) is 2.82. The Morgan fingerprint density at radius 3 is 2.50 bits per heavy atom. The van der Waals surface area contributed by atoms with Gasteiger partial charge in [-0.15, -0.1) is 47.0 Å². The van der Waals surface area contributed by atoms with Crippen LogP contribution in [0.15, 0.2) is 11.3 Å². The number of rotatable bonds is 4. The van der Waals surface area contributed by atoms with Gasteiger partial charge >= 0.3 is 0 Å². The van der Waals surface area contributed by atoms with Crippen LogP contribution in [-0.2, 0) is 4.74 Å². The van der Waals surface area contributed by atoms with Gasteiger partial charge in [0.25, 0.3) is 0 Å². The van der Waals surface area contributed by atoms with Crippen molar-refractivity contribution in [2.45, 2.75) is 107 Å². The minimum Gasteiger partial charge on any atom is -0.494 e. The first-order valence-corrected chi connectivity index (χ1v) is 19.3. The quantitative estimate of drug-likeness (QED) is 0.335. The molecule has 5 fully saturated rings. The molecule has 0 aromatic rings. The molecule has 9 atom stereocenters. The average molecular weight is 565 g/mol. The lowest BCUT2D eigenvalue weighted by Crippen LogP contribution is -2.54. The maximum absolute atomic E-state index is 6.90. The van der Waals surface area contributed by atoms with Crippen LogP contribution in [0.4, 0.5) is 0 Å². The molecule has 3 aliphatic heterocycles. The Morgan fingerprint density at radius 1 is 0.944 bits per heavy atom. The van der Waals surface area contributed by atoms with E-state index >= 15 is 0 Å². The predicted octanol–water partition coefficient (Wildman–Crippen LogP) is 9.33. The molecule has 4 aliphatic carbocycles. The van der Waals surface area contributed by atoms with Crippen LogP contribution in [0, 0.1) is 46.3 Å². The highest BCUT2D eigenvalue weighted by Gasteiger charge is 2.63.